The zero-order valence-electron chi connectivity index (χ0n) is 17.1. The molecule has 4 aromatic rings. The molecule has 0 fully saturated rings. The predicted octanol–water partition coefficient (Wildman–Crippen LogP) is 5.08. The van der Waals surface area contributed by atoms with E-state index in [0.29, 0.717) is 16.9 Å². The van der Waals surface area contributed by atoms with Crippen molar-refractivity contribution in [2.24, 2.45) is 0 Å². The van der Waals surface area contributed by atoms with Gasteiger partial charge in [0.05, 0.1) is 6.26 Å². The summed E-state index contributed by atoms with van der Waals surface area (Å²) in [6, 6.07) is 17.8. The van der Waals surface area contributed by atoms with Crippen molar-refractivity contribution in [1.82, 2.24) is 0 Å². The molecule has 0 radical (unpaired) electrons. The Morgan fingerprint density at radius 3 is 1.79 bits per heavy atom. The van der Waals surface area contributed by atoms with E-state index in [4.69, 9.17) is 13.9 Å². The summed E-state index contributed by atoms with van der Waals surface area (Å²) >= 11 is 0. The van der Waals surface area contributed by atoms with Crippen molar-refractivity contribution in [3.63, 3.8) is 0 Å². The Bertz CT molecular complexity index is 1420. The first-order chi connectivity index (χ1) is 16.0. The number of hydrogen-bond donors (Lipinski definition) is 0. The van der Waals surface area contributed by atoms with Gasteiger partial charge < -0.3 is 22.3 Å². The van der Waals surface area contributed by atoms with E-state index in [1.54, 1.807) is 24.3 Å². The number of halogens is 2. The van der Waals surface area contributed by atoms with Crippen LogP contribution in [0.1, 0.15) is 11.9 Å². The van der Waals surface area contributed by atoms with Crippen LogP contribution in [0.4, 0.5) is 7.77 Å². The highest BCUT2D eigenvalue weighted by Crippen LogP contribution is 2.30. The van der Waals surface area contributed by atoms with E-state index < -0.39 is 27.0 Å². The van der Waals surface area contributed by atoms with Crippen molar-refractivity contribution in [2.45, 2.75) is 6.29 Å². The van der Waals surface area contributed by atoms with Gasteiger partial charge in [-0.15, -0.1) is 3.89 Å². The van der Waals surface area contributed by atoms with Gasteiger partial charge in [0.2, 0.25) is 0 Å². The van der Waals surface area contributed by atoms with Crippen LogP contribution in [-0.2, 0) is 20.7 Å². The van der Waals surface area contributed by atoms with Crippen LogP contribution in [0.15, 0.2) is 83.5 Å². The van der Waals surface area contributed by atoms with Gasteiger partial charge in [0.1, 0.15) is 28.6 Å². The minimum absolute atomic E-state index is 0.00876. The zero-order valence-corrected chi connectivity index (χ0v) is 18.8. The first kappa shape index (κ1) is 23.4. The lowest BCUT2D eigenvalue weighted by Gasteiger charge is -2.21. The highest BCUT2D eigenvalue weighted by molar-refractivity contribution is 7.91. The third kappa shape index (κ3) is 6.39. The average molecular weight is 510 g/mol. The highest BCUT2D eigenvalue weighted by atomic mass is 32.3. The molecule has 0 bridgehead atoms. The molecule has 2 atom stereocenters. The van der Waals surface area contributed by atoms with Gasteiger partial charge in [0, 0.05) is 16.8 Å². The van der Waals surface area contributed by atoms with Gasteiger partial charge in [0.15, 0.2) is 0 Å². The zero-order chi connectivity index (χ0) is 24.3. The molecule has 1 heterocycles. The molecule has 4 rings (SSSR count). The van der Waals surface area contributed by atoms with Crippen LogP contribution in [0.3, 0.4) is 0 Å². The number of rotatable bonds is 9. The number of fused-ring (bicyclic) bond motifs is 1. The Kier molecular flexibility index (Phi) is 6.35. The summed E-state index contributed by atoms with van der Waals surface area (Å²) in [5, 5.41) is 0.795. The van der Waals surface area contributed by atoms with E-state index in [2.05, 4.69) is 14.2 Å². The highest BCUT2D eigenvalue weighted by Gasteiger charge is 2.18. The fraction of sp³-hybridized carbons (Fsp3) is 0.0455. The van der Waals surface area contributed by atoms with Gasteiger partial charge in [-0.05, 0) is 72.8 Å². The lowest BCUT2D eigenvalue weighted by molar-refractivity contribution is 0.00386. The summed E-state index contributed by atoms with van der Waals surface area (Å²) in [4.78, 5) is 0. The van der Waals surface area contributed by atoms with Crippen LogP contribution >= 0.6 is 0 Å². The quantitative estimate of drug-likeness (QED) is 0.175. The second-order valence-corrected chi connectivity index (χ2v) is 9.02. The van der Waals surface area contributed by atoms with E-state index in [9.17, 15) is 20.4 Å². The Balaban J connectivity index is 1.59. The smallest absolute Gasteiger partial charge is 0.464 e. The Morgan fingerprint density at radius 2 is 1.26 bits per heavy atom. The predicted molar refractivity (Wildman–Crippen MR) is 121 cm³/mol. The SMILES string of the molecule is C=S(=O)(F)Oc1ccc(OC(Oc2ccc(OS(=O)(=O)F)cc2)c2ccc3occc3c2)cc1. The number of ether oxygens (including phenoxy) is 2. The van der Waals surface area contributed by atoms with E-state index in [0.717, 1.165) is 5.39 Å². The fourth-order valence-electron chi connectivity index (χ4n) is 2.95. The molecule has 0 saturated heterocycles. The summed E-state index contributed by atoms with van der Waals surface area (Å²) in [6.45, 7) is 0. The molecule has 0 N–H and O–H groups in total. The van der Waals surface area contributed by atoms with Crippen LogP contribution in [0.25, 0.3) is 11.0 Å². The largest absolute Gasteiger partial charge is 0.488 e. The third-order valence-corrected chi connectivity index (χ3v) is 5.13. The Labute approximate surface area is 194 Å². The second-order valence-electron chi connectivity index (χ2n) is 6.83. The average Bonchev–Trinajstić information content (AvgIpc) is 3.22. The molecule has 0 aliphatic carbocycles. The van der Waals surface area contributed by atoms with Gasteiger partial charge in [-0.1, -0.05) is 3.89 Å². The molecule has 0 aliphatic heterocycles. The van der Waals surface area contributed by atoms with Crippen LogP contribution in [0.2, 0.25) is 0 Å². The van der Waals surface area contributed by atoms with Gasteiger partial charge in [-0.3, -0.25) is 0 Å². The van der Waals surface area contributed by atoms with Crippen molar-refractivity contribution in [3.8, 4) is 23.0 Å². The standard InChI is InChI=1S/C22H16F2O8S2/c1-33(23,25)31-19-7-3-17(4-8-19)29-22(16-2-11-21-15(14-16)12-13-28-21)30-18-5-9-20(10-6-18)32-34(24,26)27/h2-14,22H,1H2. The van der Waals surface area contributed by atoms with Gasteiger partial charge in [-0.25, -0.2) is 0 Å². The van der Waals surface area contributed by atoms with Crippen LogP contribution in [-0.4, -0.2) is 18.5 Å². The van der Waals surface area contributed by atoms with Gasteiger partial charge in [0.25, 0.3) is 16.5 Å². The Hall–Kier alpha value is -3.77. The molecule has 3 aromatic carbocycles. The summed E-state index contributed by atoms with van der Waals surface area (Å²) in [6.07, 6.45) is 0.536. The van der Waals surface area contributed by atoms with Gasteiger partial charge >= 0.3 is 10.5 Å². The molecule has 12 heteroatoms. The Morgan fingerprint density at radius 1 is 0.735 bits per heavy atom. The van der Waals surface area contributed by atoms with Crippen molar-refractivity contribution in [1.29, 1.82) is 0 Å². The molecular formula is C22H16F2O8S2. The first-order valence-electron chi connectivity index (χ1n) is 9.45. The van der Waals surface area contributed by atoms with Crippen molar-refractivity contribution < 1.29 is 42.7 Å². The summed E-state index contributed by atoms with van der Waals surface area (Å²) < 4.78 is 84.2. The molecule has 2 unspecified atom stereocenters. The number of furan rings is 1. The number of benzene rings is 3. The summed E-state index contributed by atoms with van der Waals surface area (Å²) in [5.41, 5.74) is 1.26. The second kappa shape index (κ2) is 9.23. The van der Waals surface area contributed by atoms with Crippen molar-refractivity contribution in [3.05, 3.63) is 84.6 Å². The number of hydrogen-bond acceptors (Lipinski definition) is 8. The monoisotopic (exact) mass is 510 g/mol. The van der Waals surface area contributed by atoms with Crippen LogP contribution < -0.4 is 17.8 Å². The molecule has 0 amide bonds. The summed E-state index contributed by atoms with van der Waals surface area (Å²) in [5.74, 6) is 3.11. The fourth-order valence-corrected chi connectivity index (χ4v) is 3.68. The molecule has 0 spiro atoms. The molecule has 178 valence electrons. The van der Waals surface area contributed by atoms with Crippen LogP contribution in [0, 0.1) is 0 Å². The first-order valence-corrected chi connectivity index (χ1v) is 12.3. The molecule has 8 nitrogen and oxygen atoms in total. The van der Waals surface area contributed by atoms with E-state index in [-0.39, 0.29) is 17.2 Å². The molecule has 34 heavy (non-hydrogen) atoms. The van der Waals surface area contributed by atoms with Crippen LogP contribution in [0.5, 0.6) is 23.0 Å². The molecule has 1 aromatic heterocycles. The maximum absolute atomic E-state index is 13.1. The molecule has 0 saturated carbocycles. The topological polar surface area (TPSA) is 101 Å². The van der Waals surface area contributed by atoms with Gasteiger partial charge in [-0.2, -0.15) is 12.6 Å². The normalized spacial score (nSPS) is 14.2. The lowest BCUT2D eigenvalue weighted by Crippen LogP contribution is -2.15. The summed E-state index contributed by atoms with van der Waals surface area (Å²) in [7, 11) is -9.33. The van der Waals surface area contributed by atoms with E-state index >= 15 is 0 Å². The van der Waals surface area contributed by atoms with E-state index in [1.165, 1.54) is 54.8 Å². The lowest BCUT2D eigenvalue weighted by atomic mass is 10.1. The molecule has 0 aliphatic rings. The van der Waals surface area contributed by atoms with Crippen molar-refractivity contribution >= 4 is 37.5 Å². The molecular weight excluding hydrogens is 494 g/mol. The maximum atomic E-state index is 13.1. The van der Waals surface area contributed by atoms with Crippen molar-refractivity contribution in [2.75, 3.05) is 0 Å². The minimum Gasteiger partial charge on any atom is -0.464 e. The van der Waals surface area contributed by atoms with E-state index in [1.807, 2.05) is 0 Å². The minimum atomic E-state index is -5.16. The maximum Gasteiger partial charge on any atom is 0.488 e. The third-order valence-electron chi connectivity index (χ3n) is 4.30.